The van der Waals surface area contributed by atoms with Gasteiger partial charge in [-0.2, -0.15) is 0 Å². The molecule has 0 spiro atoms. The Morgan fingerprint density at radius 1 is 1.50 bits per heavy atom. The third-order valence-corrected chi connectivity index (χ3v) is 2.63. The number of quaternary nitrogens is 1. The fraction of sp³-hybridized carbons (Fsp3) is 0.364. The molecule has 0 fully saturated rings. The van der Waals surface area contributed by atoms with Crippen LogP contribution >= 0.6 is 0 Å². The van der Waals surface area contributed by atoms with E-state index in [0.717, 1.165) is 11.3 Å². The summed E-state index contributed by atoms with van der Waals surface area (Å²) < 4.78 is 10.5. The largest absolute Gasteiger partial charge is 0.454 e. The lowest BCUT2D eigenvalue weighted by atomic mass is 9.93. The van der Waals surface area contributed by atoms with Gasteiger partial charge in [0.15, 0.2) is 17.0 Å². The summed E-state index contributed by atoms with van der Waals surface area (Å²) in [5, 5.41) is 0. The SMILES string of the molecule is C[C@@]([NH3+])(Cc1ccc2c(c1)OCO2)C(N)=O. The van der Waals surface area contributed by atoms with E-state index in [-0.39, 0.29) is 6.79 Å². The van der Waals surface area contributed by atoms with Crippen molar-refractivity contribution in [3.05, 3.63) is 23.8 Å². The van der Waals surface area contributed by atoms with E-state index in [1.54, 1.807) is 6.92 Å². The number of amides is 1. The van der Waals surface area contributed by atoms with Gasteiger partial charge in [-0.15, -0.1) is 0 Å². The van der Waals surface area contributed by atoms with E-state index < -0.39 is 11.4 Å². The minimum Gasteiger partial charge on any atom is -0.454 e. The molecule has 86 valence electrons. The monoisotopic (exact) mass is 223 g/mol. The van der Waals surface area contributed by atoms with Gasteiger partial charge in [0.05, 0.1) is 0 Å². The third kappa shape index (κ3) is 1.94. The van der Waals surface area contributed by atoms with Crippen LogP contribution in [0.4, 0.5) is 0 Å². The van der Waals surface area contributed by atoms with Crippen LogP contribution in [-0.2, 0) is 11.2 Å². The average molecular weight is 223 g/mol. The fourth-order valence-electron chi connectivity index (χ4n) is 1.59. The molecule has 0 unspecified atom stereocenters. The summed E-state index contributed by atoms with van der Waals surface area (Å²) in [6, 6.07) is 5.57. The highest BCUT2D eigenvalue weighted by Gasteiger charge is 2.31. The number of hydrogen-bond donors (Lipinski definition) is 2. The number of primary amides is 1. The molecule has 5 heteroatoms. The van der Waals surface area contributed by atoms with Crippen molar-refractivity contribution < 1.29 is 20.0 Å². The second-order valence-corrected chi connectivity index (χ2v) is 4.29. The maximum atomic E-state index is 11.2. The molecular weight excluding hydrogens is 208 g/mol. The lowest BCUT2D eigenvalue weighted by Crippen LogP contribution is -2.77. The number of carbonyl (C=O) groups excluding carboxylic acids is 1. The van der Waals surface area contributed by atoms with Gasteiger partial charge >= 0.3 is 0 Å². The summed E-state index contributed by atoms with van der Waals surface area (Å²) in [5.74, 6) is 1.02. The average Bonchev–Trinajstić information content (AvgIpc) is 2.63. The Balaban J connectivity index is 2.20. The summed E-state index contributed by atoms with van der Waals surface area (Å²) in [4.78, 5) is 11.2. The standard InChI is InChI=1S/C11H14N2O3/c1-11(13,10(12)14)5-7-2-3-8-9(4-7)16-6-15-8/h2-4H,5-6,13H2,1H3,(H2,12,14)/p+1/t11-/m1/s1. The first-order valence-electron chi connectivity index (χ1n) is 5.03. The topological polar surface area (TPSA) is 89.2 Å². The first-order chi connectivity index (χ1) is 7.49. The molecule has 0 bridgehead atoms. The number of rotatable bonds is 3. The Labute approximate surface area is 93.3 Å². The van der Waals surface area contributed by atoms with Crippen molar-refractivity contribution in [3.8, 4) is 11.5 Å². The molecule has 16 heavy (non-hydrogen) atoms. The second kappa shape index (κ2) is 3.68. The van der Waals surface area contributed by atoms with Gasteiger partial charge in [0.1, 0.15) is 0 Å². The van der Waals surface area contributed by atoms with E-state index in [1.165, 1.54) is 0 Å². The molecule has 1 aromatic rings. The molecule has 0 aromatic heterocycles. The summed E-state index contributed by atoms with van der Waals surface area (Å²) in [6.45, 7) is 1.97. The van der Waals surface area contributed by atoms with Crippen molar-refractivity contribution in [2.75, 3.05) is 6.79 Å². The molecule has 1 aliphatic rings. The maximum absolute atomic E-state index is 11.2. The number of benzene rings is 1. The van der Waals surface area contributed by atoms with E-state index in [2.05, 4.69) is 5.73 Å². The minimum absolute atomic E-state index is 0.246. The number of carbonyl (C=O) groups is 1. The van der Waals surface area contributed by atoms with E-state index in [1.807, 2.05) is 18.2 Å². The summed E-state index contributed by atoms with van der Waals surface area (Å²) in [7, 11) is 0. The Bertz CT molecular complexity index is 429. The van der Waals surface area contributed by atoms with Crippen LogP contribution in [-0.4, -0.2) is 18.2 Å². The number of nitrogens with two attached hydrogens (primary N) is 1. The summed E-state index contributed by atoms with van der Waals surface area (Å²) >= 11 is 0. The highest BCUT2D eigenvalue weighted by atomic mass is 16.7. The Kier molecular flexibility index (Phi) is 2.47. The highest BCUT2D eigenvalue weighted by Crippen LogP contribution is 2.33. The van der Waals surface area contributed by atoms with E-state index >= 15 is 0 Å². The van der Waals surface area contributed by atoms with Crippen LogP contribution in [0.1, 0.15) is 12.5 Å². The van der Waals surface area contributed by atoms with Crippen LogP contribution < -0.4 is 20.9 Å². The van der Waals surface area contributed by atoms with Gasteiger partial charge in [0.2, 0.25) is 6.79 Å². The van der Waals surface area contributed by atoms with Gasteiger partial charge in [-0.1, -0.05) is 6.07 Å². The molecule has 0 saturated heterocycles. The van der Waals surface area contributed by atoms with Crippen LogP contribution in [0.3, 0.4) is 0 Å². The van der Waals surface area contributed by atoms with E-state index in [9.17, 15) is 4.79 Å². The van der Waals surface area contributed by atoms with Crippen molar-refractivity contribution in [1.29, 1.82) is 0 Å². The van der Waals surface area contributed by atoms with Gasteiger partial charge in [-0.3, -0.25) is 4.79 Å². The normalized spacial score (nSPS) is 16.9. The third-order valence-electron chi connectivity index (χ3n) is 2.63. The van der Waals surface area contributed by atoms with Crippen molar-refractivity contribution >= 4 is 5.91 Å². The lowest BCUT2D eigenvalue weighted by Gasteiger charge is -2.16. The van der Waals surface area contributed by atoms with E-state index in [4.69, 9.17) is 15.2 Å². The van der Waals surface area contributed by atoms with Crippen LogP contribution in [0.2, 0.25) is 0 Å². The van der Waals surface area contributed by atoms with Crippen molar-refractivity contribution in [3.63, 3.8) is 0 Å². The number of fused-ring (bicyclic) bond motifs is 1. The molecule has 1 aliphatic heterocycles. The smallest absolute Gasteiger partial charge is 0.278 e. The summed E-state index contributed by atoms with van der Waals surface area (Å²) in [5.41, 5.74) is 9.25. The molecule has 1 heterocycles. The molecular formula is C11H15N2O3+. The van der Waals surface area contributed by atoms with Gasteiger partial charge in [0, 0.05) is 13.3 Å². The Morgan fingerprint density at radius 2 is 2.19 bits per heavy atom. The van der Waals surface area contributed by atoms with Gasteiger partial charge in [-0.05, 0) is 17.7 Å². The van der Waals surface area contributed by atoms with Crippen molar-refractivity contribution in [2.45, 2.75) is 18.9 Å². The van der Waals surface area contributed by atoms with Crippen LogP contribution in [0.5, 0.6) is 11.5 Å². The Hall–Kier alpha value is -1.75. The first kappa shape index (κ1) is 10.8. The summed E-state index contributed by atoms with van der Waals surface area (Å²) in [6.07, 6.45) is 0.485. The molecule has 1 amide bonds. The molecule has 2 rings (SSSR count). The van der Waals surface area contributed by atoms with Gasteiger partial charge in [-0.25, -0.2) is 0 Å². The zero-order chi connectivity index (χ0) is 11.8. The predicted molar refractivity (Wildman–Crippen MR) is 56.8 cm³/mol. The molecule has 0 radical (unpaired) electrons. The second-order valence-electron chi connectivity index (χ2n) is 4.29. The van der Waals surface area contributed by atoms with Crippen LogP contribution in [0.15, 0.2) is 18.2 Å². The van der Waals surface area contributed by atoms with E-state index in [0.29, 0.717) is 12.2 Å². The van der Waals surface area contributed by atoms with Crippen molar-refractivity contribution in [1.82, 2.24) is 0 Å². The Morgan fingerprint density at radius 3 is 2.88 bits per heavy atom. The quantitative estimate of drug-likeness (QED) is 0.720. The molecule has 1 aromatic carbocycles. The highest BCUT2D eigenvalue weighted by molar-refractivity contribution is 5.82. The zero-order valence-electron chi connectivity index (χ0n) is 9.16. The molecule has 5 N–H and O–H groups in total. The number of hydrogen-bond acceptors (Lipinski definition) is 3. The van der Waals surface area contributed by atoms with Crippen molar-refractivity contribution in [2.24, 2.45) is 5.73 Å². The molecule has 0 saturated carbocycles. The molecule has 1 atom stereocenters. The molecule has 5 nitrogen and oxygen atoms in total. The zero-order valence-corrected chi connectivity index (χ0v) is 9.16. The van der Waals surface area contributed by atoms with Crippen LogP contribution in [0.25, 0.3) is 0 Å². The lowest BCUT2D eigenvalue weighted by molar-refractivity contribution is -0.451. The van der Waals surface area contributed by atoms with Gasteiger partial charge < -0.3 is 20.9 Å². The van der Waals surface area contributed by atoms with Gasteiger partial charge in [0.25, 0.3) is 5.91 Å². The maximum Gasteiger partial charge on any atom is 0.278 e. The fourth-order valence-corrected chi connectivity index (χ4v) is 1.59. The van der Waals surface area contributed by atoms with Crippen LogP contribution in [0, 0.1) is 0 Å². The number of ether oxygens (including phenoxy) is 2. The minimum atomic E-state index is -0.798. The molecule has 0 aliphatic carbocycles. The first-order valence-corrected chi connectivity index (χ1v) is 5.03. The predicted octanol–water partition coefficient (Wildman–Crippen LogP) is -0.556.